The van der Waals surface area contributed by atoms with Crippen LogP contribution in [0.25, 0.3) is 0 Å². The van der Waals surface area contributed by atoms with Crippen LogP contribution in [0.5, 0.6) is 0 Å². The number of benzene rings is 4. The summed E-state index contributed by atoms with van der Waals surface area (Å²) in [6.07, 6.45) is 0. The van der Waals surface area contributed by atoms with Crippen molar-refractivity contribution in [1.29, 1.82) is 0 Å². The largest absolute Gasteiger partial charge is 0.143 e. The minimum absolute atomic E-state index is 0.454. The summed E-state index contributed by atoms with van der Waals surface area (Å²) in [7, 11) is -1.50. The number of aryl methyl sites for hydroxylation is 4. The molecule has 41 heavy (non-hydrogen) atoms. The summed E-state index contributed by atoms with van der Waals surface area (Å²) in [6.45, 7) is 18.3. The van der Waals surface area contributed by atoms with Crippen LogP contribution >= 0.6 is 27.2 Å². The molecule has 0 aliphatic rings. The van der Waals surface area contributed by atoms with Gasteiger partial charge in [0.1, 0.15) is 0 Å². The van der Waals surface area contributed by atoms with E-state index in [0.717, 1.165) is 0 Å². The lowest BCUT2D eigenvalue weighted by molar-refractivity contribution is 0.891. The topological polar surface area (TPSA) is 0 Å². The molecular formula is C38H42P2S. The van der Waals surface area contributed by atoms with E-state index in [-0.39, 0.29) is 0 Å². The Morgan fingerprint density at radius 2 is 0.610 bits per heavy atom. The van der Waals surface area contributed by atoms with Gasteiger partial charge >= 0.3 is 0 Å². The smallest absolute Gasteiger partial charge is 0.0164 e. The molecule has 0 N–H and O–H groups in total. The van der Waals surface area contributed by atoms with Crippen molar-refractivity contribution >= 4 is 59.0 Å². The van der Waals surface area contributed by atoms with Crippen LogP contribution in [0.4, 0.5) is 0 Å². The van der Waals surface area contributed by atoms with Gasteiger partial charge in [0.25, 0.3) is 0 Å². The Labute approximate surface area is 254 Å². The molecule has 0 fully saturated rings. The molecular weight excluding hydrogens is 550 g/mol. The molecule has 0 atom stereocenters. The van der Waals surface area contributed by atoms with Gasteiger partial charge in [0.05, 0.1) is 0 Å². The fourth-order valence-electron chi connectivity index (χ4n) is 5.25. The summed E-state index contributed by atoms with van der Waals surface area (Å²) >= 11 is 2.08. The number of thiophene rings is 1. The lowest BCUT2D eigenvalue weighted by Gasteiger charge is -2.28. The molecule has 0 radical (unpaired) electrons. The summed E-state index contributed by atoms with van der Waals surface area (Å²) in [5.74, 6) is 0.907. The summed E-state index contributed by atoms with van der Waals surface area (Å²) < 4.78 is 0. The van der Waals surface area contributed by atoms with E-state index in [2.05, 4.69) is 164 Å². The van der Waals surface area contributed by atoms with Crippen molar-refractivity contribution in [3.63, 3.8) is 0 Å². The first-order chi connectivity index (χ1) is 19.6. The highest BCUT2D eigenvalue weighted by Crippen LogP contribution is 2.46. The monoisotopic (exact) mass is 592 g/mol. The standard InChI is InChI=1S/C38H42P2S/c1-25(2)37-35(39(31-17-9-27(5)10-18-31)32-19-11-28(6)12-20-32)36(38(41-37)26(3)4)40(33-21-13-29(7)14-22-33)34-23-15-30(8)16-24-34/h9-26H,1-8H3. The third-order valence-corrected chi connectivity index (χ3v) is 14.9. The fraction of sp³-hybridized carbons (Fsp3) is 0.263. The van der Waals surface area contributed by atoms with E-state index >= 15 is 0 Å². The van der Waals surface area contributed by atoms with Crippen LogP contribution in [0, 0.1) is 27.7 Å². The van der Waals surface area contributed by atoms with Crippen molar-refractivity contribution < 1.29 is 0 Å². The van der Waals surface area contributed by atoms with Crippen LogP contribution in [0.15, 0.2) is 97.1 Å². The molecule has 0 amide bonds. The zero-order valence-electron chi connectivity index (χ0n) is 25.7. The Bertz CT molecular complexity index is 1380. The van der Waals surface area contributed by atoms with Gasteiger partial charge in [0.15, 0.2) is 0 Å². The Morgan fingerprint density at radius 1 is 0.390 bits per heavy atom. The molecule has 0 nitrogen and oxygen atoms in total. The van der Waals surface area contributed by atoms with E-state index < -0.39 is 15.8 Å². The Morgan fingerprint density at radius 3 is 0.805 bits per heavy atom. The van der Waals surface area contributed by atoms with E-state index in [9.17, 15) is 0 Å². The average Bonchev–Trinajstić information content (AvgIpc) is 3.33. The lowest BCUT2D eigenvalue weighted by atomic mass is 10.1. The summed E-state index contributed by atoms with van der Waals surface area (Å²) in [6, 6.07) is 37.5. The van der Waals surface area contributed by atoms with Gasteiger partial charge in [-0.3, -0.25) is 0 Å². The van der Waals surface area contributed by atoms with Crippen LogP contribution in [0.3, 0.4) is 0 Å². The summed E-state index contributed by atoms with van der Waals surface area (Å²) in [5.41, 5.74) is 5.25. The highest BCUT2D eigenvalue weighted by Gasteiger charge is 2.34. The number of rotatable bonds is 8. The van der Waals surface area contributed by atoms with Crippen molar-refractivity contribution in [2.45, 2.75) is 67.2 Å². The quantitative estimate of drug-likeness (QED) is 0.158. The summed E-state index contributed by atoms with van der Waals surface area (Å²) in [4.78, 5) is 3.12. The van der Waals surface area contributed by atoms with Crippen molar-refractivity contribution in [2.24, 2.45) is 0 Å². The normalized spacial score (nSPS) is 11.8. The molecule has 0 saturated heterocycles. The van der Waals surface area contributed by atoms with Crippen LogP contribution in [0.2, 0.25) is 0 Å². The minimum Gasteiger partial charge on any atom is -0.143 e. The molecule has 0 spiro atoms. The Kier molecular flexibility index (Phi) is 9.30. The van der Waals surface area contributed by atoms with E-state index in [1.807, 2.05) is 0 Å². The number of hydrogen-bond acceptors (Lipinski definition) is 1. The van der Waals surface area contributed by atoms with Gasteiger partial charge in [-0.1, -0.05) is 147 Å². The molecule has 5 aromatic rings. The molecule has 210 valence electrons. The van der Waals surface area contributed by atoms with Crippen molar-refractivity contribution in [1.82, 2.24) is 0 Å². The minimum atomic E-state index is -0.748. The Hall–Kier alpha value is -2.56. The van der Waals surface area contributed by atoms with Crippen LogP contribution < -0.4 is 31.8 Å². The van der Waals surface area contributed by atoms with Gasteiger partial charge in [-0.15, -0.1) is 11.3 Å². The van der Waals surface area contributed by atoms with Crippen LogP contribution in [0.1, 0.15) is 71.5 Å². The fourth-order valence-corrected chi connectivity index (χ4v) is 13.0. The molecule has 0 aliphatic carbocycles. The molecule has 0 aliphatic heterocycles. The first-order valence-corrected chi connectivity index (χ1v) is 18.2. The van der Waals surface area contributed by atoms with Crippen LogP contribution in [-0.4, -0.2) is 0 Å². The molecule has 0 saturated carbocycles. The van der Waals surface area contributed by atoms with Gasteiger partial charge < -0.3 is 0 Å². The van der Waals surface area contributed by atoms with Crippen molar-refractivity contribution in [3.05, 3.63) is 129 Å². The lowest BCUT2D eigenvalue weighted by Crippen LogP contribution is -2.36. The van der Waals surface area contributed by atoms with Gasteiger partial charge in [0.2, 0.25) is 0 Å². The number of hydrogen-bond donors (Lipinski definition) is 0. The molecule has 5 rings (SSSR count). The highest BCUT2D eigenvalue weighted by molar-refractivity contribution is 7.86. The van der Waals surface area contributed by atoms with Gasteiger partial charge in [0, 0.05) is 20.4 Å². The zero-order chi connectivity index (χ0) is 29.3. The second-order valence-electron chi connectivity index (χ2n) is 11.9. The SMILES string of the molecule is Cc1ccc(P(c2ccc(C)cc2)c2c(C(C)C)sc(C(C)C)c2P(c2ccc(C)cc2)c2ccc(C)cc2)cc1. The van der Waals surface area contributed by atoms with E-state index in [1.54, 1.807) is 20.4 Å². The molecule has 1 aromatic heterocycles. The second-order valence-corrected chi connectivity index (χ2v) is 17.2. The highest BCUT2D eigenvalue weighted by atomic mass is 32.1. The maximum atomic E-state index is 2.39. The third kappa shape index (κ3) is 6.44. The van der Waals surface area contributed by atoms with Crippen molar-refractivity contribution in [2.75, 3.05) is 0 Å². The molecule has 1 heterocycles. The third-order valence-electron chi connectivity index (χ3n) is 7.58. The van der Waals surface area contributed by atoms with E-state index in [0.29, 0.717) is 11.8 Å². The van der Waals surface area contributed by atoms with E-state index in [4.69, 9.17) is 0 Å². The maximum Gasteiger partial charge on any atom is 0.0164 e. The average molecular weight is 593 g/mol. The van der Waals surface area contributed by atoms with Crippen LogP contribution in [-0.2, 0) is 0 Å². The Balaban J connectivity index is 1.90. The molecule has 3 heteroatoms. The van der Waals surface area contributed by atoms with Gasteiger partial charge in [-0.05, 0) is 76.6 Å². The van der Waals surface area contributed by atoms with Gasteiger partial charge in [-0.2, -0.15) is 0 Å². The molecule has 4 aromatic carbocycles. The predicted molar refractivity (Wildman–Crippen MR) is 189 cm³/mol. The second kappa shape index (κ2) is 12.8. The van der Waals surface area contributed by atoms with Gasteiger partial charge in [-0.25, -0.2) is 0 Å². The predicted octanol–water partition coefficient (Wildman–Crippen LogP) is 8.74. The summed E-state index contributed by atoms with van der Waals surface area (Å²) in [5, 5.41) is 8.95. The first kappa shape index (κ1) is 29.9. The molecule has 0 bridgehead atoms. The first-order valence-electron chi connectivity index (χ1n) is 14.7. The molecule has 0 unspecified atom stereocenters. The van der Waals surface area contributed by atoms with Crippen molar-refractivity contribution in [3.8, 4) is 0 Å². The zero-order valence-corrected chi connectivity index (χ0v) is 28.3. The van der Waals surface area contributed by atoms with E-state index in [1.165, 1.54) is 43.5 Å². The maximum absolute atomic E-state index is 2.39.